The molecule has 0 aromatic heterocycles. The van der Waals surface area contributed by atoms with E-state index in [9.17, 15) is 9.90 Å². The summed E-state index contributed by atoms with van der Waals surface area (Å²) < 4.78 is 0. The molecule has 0 radical (unpaired) electrons. The highest BCUT2D eigenvalue weighted by atomic mass is 35.5. The molecule has 1 atom stereocenters. The lowest BCUT2D eigenvalue weighted by atomic mass is 9.94. The molecule has 0 aliphatic rings. The van der Waals surface area contributed by atoms with Crippen LogP contribution in [-0.2, 0) is 4.79 Å². The Morgan fingerprint density at radius 3 is 1.00 bits per heavy atom. The maximum Gasteiger partial charge on any atom is 0.306 e. The molecule has 3 heteroatoms. The first-order valence-electron chi connectivity index (χ1n) is 12.9. The molecule has 0 fully saturated rings. The molecule has 0 aromatic rings. The molecule has 0 saturated carbocycles. The molecule has 29 heavy (non-hydrogen) atoms. The first-order chi connectivity index (χ1) is 13.7. The Bertz CT molecular complexity index is 320. The molecule has 2 nitrogen and oxygen atoms in total. The fourth-order valence-electron chi connectivity index (χ4n) is 4.15. The van der Waals surface area contributed by atoms with E-state index in [-0.39, 0.29) is 18.3 Å². The Labute approximate surface area is 189 Å². The van der Waals surface area contributed by atoms with Crippen LogP contribution >= 0.6 is 12.4 Å². The number of unbranched alkanes of at least 4 members (excludes halogenated alkanes) is 18. The molecule has 0 aliphatic heterocycles. The minimum Gasteiger partial charge on any atom is -0.481 e. The van der Waals surface area contributed by atoms with Gasteiger partial charge in [-0.2, -0.15) is 0 Å². The van der Waals surface area contributed by atoms with E-state index < -0.39 is 5.97 Å². The van der Waals surface area contributed by atoms with Crippen molar-refractivity contribution in [2.24, 2.45) is 5.92 Å². The third kappa shape index (κ3) is 23.9. The van der Waals surface area contributed by atoms with Gasteiger partial charge in [-0.1, -0.05) is 142 Å². The van der Waals surface area contributed by atoms with Crippen molar-refractivity contribution in [3.05, 3.63) is 0 Å². The summed E-state index contributed by atoms with van der Waals surface area (Å²) in [6, 6.07) is 0. The van der Waals surface area contributed by atoms with Gasteiger partial charge in [0.2, 0.25) is 0 Å². The van der Waals surface area contributed by atoms with E-state index in [4.69, 9.17) is 0 Å². The Kier molecular flexibility index (Phi) is 27.5. The summed E-state index contributed by atoms with van der Waals surface area (Å²) in [5.74, 6) is -0.658. The minimum atomic E-state index is -0.563. The van der Waals surface area contributed by atoms with E-state index in [1.165, 1.54) is 116 Å². The van der Waals surface area contributed by atoms with Gasteiger partial charge in [0.15, 0.2) is 0 Å². The standard InChI is InChI=1S/C26H52O2.ClH/c1-3-5-7-9-11-13-14-16-18-20-22-24-25(26(27)28)23-21-19-17-15-12-10-8-6-4-2;/h25H,3-24H2,1-2H3,(H,27,28);1H. The van der Waals surface area contributed by atoms with Gasteiger partial charge in [0.1, 0.15) is 0 Å². The molecule has 0 rings (SSSR count). The van der Waals surface area contributed by atoms with Gasteiger partial charge < -0.3 is 5.11 Å². The van der Waals surface area contributed by atoms with Gasteiger partial charge in [-0.05, 0) is 12.8 Å². The topological polar surface area (TPSA) is 37.3 Å². The van der Waals surface area contributed by atoms with E-state index in [1.54, 1.807) is 0 Å². The van der Waals surface area contributed by atoms with Crippen molar-refractivity contribution in [1.29, 1.82) is 0 Å². The average Bonchev–Trinajstić information content (AvgIpc) is 2.68. The monoisotopic (exact) mass is 432 g/mol. The number of hydrogen-bond acceptors (Lipinski definition) is 1. The van der Waals surface area contributed by atoms with E-state index >= 15 is 0 Å². The largest absolute Gasteiger partial charge is 0.481 e. The smallest absolute Gasteiger partial charge is 0.306 e. The van der Waals surface area contributed by atoms with Crippen molar-refractivity contribution in [2.45, 2.75) is 155 Å². The number of carboxylic acid groups (broad SMARTS) is 1. The highest BCUT2D eigenvalue weighted by Gasteiger charge is 2.16. The second kappa shape index (κ2) is 25.8. The van der Waals surface area contributed by atoms with Gasteiger partial charge in [0, 0.05) is 0 Å². The Balaban J connectivity index is 0. The van der Waals surface area contributed by atoms with Crippen LogP contribution in [0.25, 0.3) is 0 Å². The second-order valence-electron chi connectivity index (χ2n) is 8.98. The van der Waals surface area contributed by atoms with Gasteiger partial charge in [-0.3, -0.25) is 4.79 Å². The van der Waals surface area contributed by atoms with Crippen molar-refractivity contribution in [1.82, 2.24) is 0 Å². The van der Waals surface area contributed by atoms with E-state index in [0.29, 0.717) is 0 Å². The number of rotatable bonds is 23. The van der Waals surface area contributed by atoms with Crippen LogP contribution in [0.1, 0.15) is 155 Å². The lowest BCUT2D eigenvalue weighted by molar-refractivity contribution is -0.142. The highest BCUT2D eigenvalue weighted by molar-refractivity contribution is 5.85. The first-order valence-corrected chi connectivity index (χ1v) is 12.9. The zero-order chi connectivity index (χ0) is 20.7. The van der Waals surface area contributed by atoms with Crippen molar-refractivity contribution in [3.8, 4) is 0 Å². The van der Waals surface area contributed by atoms with Crippen molar-refractivity contribution >= 4 is 18.4 Å². The van der Waals surface area contributed by atoms with E-state index in [0.717, 1.165) is 25.7 Å². The number of carboxylic acids is 1. The number of halogens is 1. The second-order valence-corrected chi connectivity index (χ2v) is 8.98. The predicted octanol–water partition coefficient (Wildman–Crippen LogP) is 9.73. The fourth-order valence-corrected chi connectivity index (χ4v) is 4.15. The van der Waals surface area contributed by atoms with Crippen LogP contribution in [0.4, 0.5) is 0 Å². The van der Waals surface area contributed by atoms with E-state index in [2.05, 4.69) is 13.8 Å². The summed E-state index contributed by atoms with van der Waals surface area (Å²) >= 11 is 0. The van der Waals surface area contributed by atoms with Crippen LogP contribution in [0.3, 0.4) is 0 Å². The third-order valence-corrected chi connectivity index (χ3v) is 6.16. The van der Waals surface area contributed by atoms with Gasteiger partial charge in [0.05, 0.1) is 5.92 Å². The molecule has 1 N–H and O–H groups in total. The summed E-state index contributed by atoms with van der Waals surface area (Å²) in [6.07, 6.45) is 28.2. The molecule has 0 spiro atoms. The Morgan fingerprint density at radius 1 is 0.517 bits per heavy atom. The Morgan fingerprint density at radius 2 is 0.759 bits per heavy atom. The summed E-state index contributed by atoms with van der Waals surface area (Å²) in [5.41, 5.74) is 0. The van der Waals surface area contributed by atoms with Gasteiger partial charge in [-0.15, -0.1) is 12.4 Å². The molecule has 0 heterocycles. The normalized spacial score (nSPS) is 11.9. The average molecular weight is 433 g/mol. The summed E-state index contributed by atoms with van der Waals surface area (Å²) in [6.45, 7) is 4.53. The molecular formula is C26H53ClO2. The molecule has 1 unspecified atom stereocenters. The maximum absolute atomic E-state index is 11.5. The van der Waals surface area contributed by atoms with Crippen molar-refractivity contribution in [2.75, 3.05) is 0 Å². The predicted molar refractivity (Wildman–Crippen MR) is 131 cm³/mol. The van der Waals surface area contributed by atoms with Crippen LogP contribution in [0.5, 0.6) is 0 Å². The van der Waals surface area contributed by atoms with Gasteiger partial charge >= 0.3 is 5.97 Å². The van der Waals surface area contributed by atoms with Crippen LogP contribution in [0, 0.1) is 5.92 Å². The zero-order valence-electron chi connectivity index (χ0n) is 19.9. The van der Waals surface area contributed by atoms with Crippen LogP contribution < -0.4 is 0 Å². The van der Waals surface area contributed by atoms with Crippen LogP contribution in [-0.4, -0.2) is 11.1 Å². The summed E-state index contributed by atoms with van der Waals surface area (Å²) in [5, 5.41) is 9.46. The molecule has 0 aromatic carbocycles. The SMILES string of the molecule is CCCCCCCCCCCCCC(CCCCCCCCCCC)C(=O)O.Cl. The molecule has 0 saturated heterocycles. The Hall–Kier alpha value is -0.240. The van der Waals surface area contributed by atoms with E-state index in [1.807, 2.05) is 0 Å². The quantitative estimate of drug-likeness (QED) is 0.163. The molecule has 176 valence electrons. The van der Waals surface area contributed by atoms with Crippen molar-refractivity contribution < 1.29 is 9.90 Å². The zero-order valence-corrected chi connectivity index (χ0v) is 20.7. The molecule has 0 bridgehead atoms. The number of aliphatic carboxylic acids is 1. The first kappa shape index (κ1) is 30.9. The molecule has 0 amide bonds. The summed E-state index contributed by atoms with van der Waals surface area (Å²) in [4.78, 5) is 11.5. The maximum atomic E-state index is 11.5. The minimum absolute atomic E-state index is 0. The number of hydrogen-bond donors (Lipinski definition) is 1. The highest BCUT2D eigenvalue weighted by Crippen LogP contribution is 2.20. The van der Waals surface area contributed by atoms with Gasteiger partial charge in [0.25, 0.3) is 0 Å². The number of carbonyl (C=O) groups is 1. The summed E-state index contributed by atoms with van der Waals surface area (Å²) in [7, 11) is 0. The molecule has 0 aliphatic carbocycles. The molecular weight excluding hydrogens is 380 g/mol. The fraction of sp³-hybridized carbons (Fsp3) is 0.962. The van der Waals surface area contributed by atoms with Gasteiger partial charge in [-0.25, -0.2) is 0 Å². The third-order valence-electron chi connectivity index (χ3n) is 6.16. The lowest BCUT2D eigenvalue weighted by Crippen LogP contribution is -2.13. The lowest BCUT2D eigenvalue weighted by Gasteiger charge is -2.12. The van der Waals surface area contributed by atoms with Crippen LogP contribution in [0.2, 0.25) is 0 Å². The van der Waals surface area contributed by atoms with Crippen LogP contribution in [0.15, 0.2) is 0 Å². The van der Waals surface area contributed by atoms with Crippen molar-refractivity contribution in [3.63, 3.8) is 0 Å².